The Kier molecular flexibility index (Phi) is 6.67. The Morgan fingerprint density at radius 3 is 2.32 bits per heavy atom. The maximum absolute atomic E-state index is 13.3. The molecule has 3 N–H and O–H groups in total. The summed E-state index contributed by atoms with van der Waals surface area (Å²) in [6.45, 7) is -1.81. The zero-order valence-corrected chi connectivity index (χ0v) is 18.5. The highest BCUT2D eigenvalue weighted by Crippen LogP contribution is 2.34. The highest BCUT2D eigenvalue weighted by molar-refractivity contribution is 6.05. The average Bonchev–Trinajstić information content (AvgIpc) is 2.79. The van der Waals surface area contributed by atoms with Gasteiger partial charge in [0.25, 0.3) is 5.91 Å². The number of nitrogens with one attached hydrogen (secondary N) is 3. The Morgan fingerprint density at radius 2 is 1.68 bits per heavy atom. The highest BCUT2D eigenvalue weighted by atomic mass is 19.4. The zero-order chi connectivity index (χ0) is 27.0. The van der Waals surface area contributed by atoms with Crippen molar-refractivity contribution in [1.82, 2.24) is 9.88 Å². The number of nitrogens with zero attached hydrogens (tertiary/aromatic N) is 2. The number of amides is 3. The van der Waals surface area contributed by atoms with Crippen molar-refractivity contribution >= 4 is 34.8 Å². The van der Waals surface area contributed by atoms with Crippen molar-refractivity contribution < 1.29 is 40.3 Å². The minimum absolute atomic E-state index is 0.0945. The number of carbonyl (C=O) groups is 2. The Labute approximate surface area is 204 Å². The van der Waals surface area contributed by atoms with Gasteiger partial charge in [-0.2, -0.15) is 26.3 Å². The SMILES string of the molecule is O=C(Nc1ccc(Nc2ccnc3c2CN(CC(F)(F)F)C(=O)N3)cc1)c1ccc(F)cc1C(F)(F)F. The van der Waals surface area contributed by atoms with Crippen molar-refractivity contribution in [3.63, 3.8) is 0 Å². The Bertz CT molecular complexity index is 1340. The maximum Gasteiger partial charge on any atom is 0.417 e. The van der Waals surface area contributed by atoms with Crippen LogP contribution in [0.25, 0.3) is 0 Å². The van der Waals surface area contributed by atoms with E-state index in [9.17, 15) is 40.3 Å². The first-order valence-electron chi connectivity index (χ1n) is 10.5. The number of pyridine rings is 1. The molecule has 0 saturated heterocycles. The van der Waals surface area contributed by atoms with Crippen LogP contribution in [-0.4, -0.2) is 34.5 Å². The fraction of sp³-hybridized carbons (Fsp3) is 0.174. The van der Waals surface area contributed by atoms with Gasteiger partial charge in [0.1, 0.15) is 18.2 Å². The van der Waals surface area contributed by atoms with E-state index >= 15 is 0 Å². The molecule has 0 radical (unpaired) electrons. The molecule has 3 aromatic rings. The molecule has 194 valence electrons. The zero-order valence-electron chi connectivity index (χ0n) is 18.5. The first kappa shape index (κ1) is 25.7. The number of fused-ring (bicyclic) bond motifs is 1. The van der Waals surface area contributed by atoms with Crippen LogP contribution in [0.15, 0.2) is 54.7 Å². The van der Waals surface area contributed by atoms with Gasteiger partial charge in [0.2, 0.25) is 0 Å². The number of carbonyl (C=O) groups excluding carboxylic acids is 2. The molecule has 2 aromatic carbocycles. The molecule has 1 aromatic heterocycles. The van der Waals surface area contributed by atoms with Gasteiger partial charge >= 0.3 is 18.4 Å². The fourth-order valence-electron chi connectivity index (χ4n) is 3.60. The lowest BCUT2D eigenvalue weighted by atomic mass is 10.1. The third-order valence-electron chi connectivity index (χ3n) is 5.24. The number of alkyl halides is 6. The van der Waals surface area contributed by atoms with Gasteiger partial charge in [-0.25, -0.2) is 14.2 Å². The Balaban J connectivity index is 1.50. The van der Waals surface area contributed by atoms with Gasteiger partial charge < -0.3 is 15.5 Å². The van der Waals surface area contributed by atoms with Crippen LogP contribution in [0, 0.1) is 5.82 Å². The summed E-state index contributed by atoms with van der Waals surface area (Å²) in [5.74, 6) is -2.15. The van der Waals surface area contributed by atoms with E-state index in [0.717, 1.165) is 12.1 Å². The van der Waals surface area contributed by atoms with Gasteiger partial charge in [-0.15, -0.1) is 0 Å². The van der Waals surface area contributed by atoms with E-state index < -0.39 is 47.8 Å². The second-order valence-electron chi connectivity index (χ2n) is 7.93. The van der Waals surface area contributed by atoms with Gasteiger partial charge in [0.15, 0.2) is 0 Å². The lowest BCUT2D eigenvalue weighted by molar-refractivity contribution is -0.140. The number of halogens is 7. The van der Waals surface area contributed by atoms with Crippen molar-refractivity contribution in [3.05, 3.63) is 77.2 Å². The molecule has 1 aliphatic rings. The molecule has 0 spiro atoms. The van der Waals surface area contributed by atoms with E-state index in [1.165, 1.54) is 36.5 Å². The largest absolute Gasteiger partial charge is 0.417 e. The van der Waals surface area contributed by atoms with Gasteiger partial charge in [-0.3, -0.25) is 10.1 Å². The molecule has 4 rings (SSSR count). The summed E-state index contributed by atoms with van der Waals surface area (Å²) in [6, 6.07) is 7.94. The third-order valence-corrected chi connectivity index (χ3v) is 5.24. The van der Waals surface area contributed by atoms with Crippen LogP contribution in [0.3, 0.4) is 0 Å². The number of benzene rings is 2. The van der Waals surface area contributed by atoms with Gasteiger partial charge in [0, 0.05) is 28.8 Å². The molecule has 0 unspecified atom stereocenters. The first-order valence-corrected chi connectivity index (χ1v) is 10.5. The predicted molar refractivity (Wildman–Crippen MR) is 119 cm³/mol. The van der Waals surface area contributed by atoms with Crippen LogP contribution < -0.4 is 16.0 Å². The molecule has 0 saturated carbocycles. The number of rotatable bonds is 5. The van der Waals surface area contributed by atoms with Gasteiger partial charge in [-0.05, 0) is 48.5 Å². The van der Waals surface area contributed by atoms with E-state index in [2.05, 4.69) is 20.9 Å². The van der Waals surface area contributed by atoms with Crippen molar-refractivity contribution in [2.24, 2.45) is 0 Å². The number of hydrogen-bond donors (Lipinski definition) is 3. The molecule has 3 amide bonds. The topological polar surface area (TPSA) is 86.4 Å². The van der Waals surface area contributed by atoms with Crippen molar-refractivity contribution in [1.29, 1.82) is 0 Å². The number of urea groups is 1. The number of hydrogen-bond acceptors (Lipinski definition) is 4. The highest BCUT2D eigenvalue weighted by Gasteiger charge is 2.37. The van der Waals surface area contributed by atoms with Crippen molar-refractivity contribution in [3.8, 4) is 0 Å². The second-order valence-corrected chi connectivity index (χ2v) is 7.93. The van der Waals surface area contributed by atoms with E-state index in [-0.39, 0.29) is 24.1 Å². The molecule has 0 aliphatic carbocycles. The quantitative estimate of drug-likeness (QED) is 0.348. The summed E-state index contributed by atoms with van der Waals surface area (Å²) in [5, 5.41) is 7.59. The standard InChI is InChI=1S/C23H16F7N5O2/c24-12-1-6-15(17(9-12)23(28,29)30)20(36)33-14-4-2-13(3-5-14)32-18-7-8-31-19-16(18)10-35(21(37)34-19)11-22(25,26)27/h1-9H,10-11H2,(H,33,36)(H2,31,32,34,37). The monoisotopic (exact) mass is 527 g/mol. The van der Waals surface area contributed by atoms with Crippen LogP contribution in [0.2, 0.25) is 0 Å². The fourth-order valence-corrected chi connectivity index (χ4v) is 3.60. The summed E-state index contributed by atoms with van der Waals surface area (Å²) in [5.41, 5.74) is -0.964. The summed E-state index contributed by atoms with van der Waals surface area (Å²) >= 11 is 0. The average molecular weight is 527 g/mol. The molecule has 0 fully saturated rings. The van der Waals surface area contributed by atoms with Crippen LogP contribution >= 0.6 is 0 Å². The lowest BCUT2D eigenvalue weighted by Gasteiger charge is -2.30. The minimum Gasteiger partial charge on any atom is -0.355 e. The molecule has 2 heterocycles. The summed E-state index contributed by atoms with van der Waals surface area (Å²) < 4.78 is 91.3. The molecule has 7 nitrogen and oxygen atoms in total. The van der Waals surface area contributed by atoms with Crippen LogP contribution in [-0.2, 0) is 12.7 Å². The van der Waals surface area contributed by atoms with Crippen LogP contribution in [0.5, 0.6) is 0 Å². The smallest absolute Gasteiger partial charge is 0.355 e. The summed E-state index contributed by atoms with van der Waals surface area (Å²) in [6.07, 6.45) is -8.20. The van der Waals surface area contributed by atoms with E-state index in [0.29, 0.717) is 21.8 Å². The molecular weight excluding hydrogens is 511 g/mol. The molecule has 0 bridgehead atoms. The first-order chi connectivity index (χ1) is 17.3. The second kappa shape index (κ2) is 9.59. The molecule has 1 aliphatic heterocycles. The normalized spacial score (nSPS) is 13.6. The van der Waals surface area contributed by atoms with Crippen molar-refractivity contribution in [2.75, 3.05) is 22.5 Å². The van der Waals surface area contributed by atoms with E-state index in [1.807, 2.05) is 0 Å². The molecule has 37 heavy (non-hydrogen) atoms. The Hall–Kier alpha value is -4.36. The maximum atomic E-state index is 13.3. The Morgan fingerprint density at radius 1 is 1.00 bits per heavy atom. The van der Waals surface area contributed by atoms with Crippen LogP contribution in [0.4, 0.5) is 58.4 Å². The summed E-state index contributed by atoms with van der Waals surface area (Å²) in [4.78, 5) is 28.9. The minimum atomic E-state index is -4.94. The van der Waals surface area contributed by atoms with E-state index in [1.54, 1.807) is 0 Å². The molecule has 14 heteroatoms. The third kappa shape index (κ3) is 6.08. The summed E-state index contributed by atoms with van der Waals surface area (Å²) in [7, 11) is 0. The van der Waals surface area contributed by atoms with Gasteiger partial charge in [-0.1, -0.05) is 0 Å². The number of aromatic nitrogens is 1. The van der Waals surface area contributed by atoms with Crippen molar-refractivity contribution in [2.45, 2.75) is 18.9 Å². The number of anilines is 4. The van der Waals surface area contributed by atoms with E-state index in [4.69, 9.17) is 0 Å². The predicted octanol–water partition coefficient (Wildman–Crippen LogP) is 6.15. The van der Waals surface area contributed by atoms with Crippen LogP contribution in [0.1, 0.15) is 21.5 Å². The van der Waals surface area contributed by atoms with Gasteiger partial charge in [0.05, 0.1) is 17.7 Å². The lowest BCUT2D eigenvalue weighted by Crippen LogP contribution is -2.44. The molecule has 0 atom stereocenters. The molecular formula is C23H16F7N5O2.